The van der Waals surface area contributed by atoms with E-state index in [4.69, 9.17) is 0 Å². The number of piperidine rings is 1. The van der Waals surface area contributed by atoms with Gasteiger partial charge in [0.2, 0.25) is 5.91 Å². The number of rotatable bonds is 4. The number of nitrogens with one attached hydrogen (secondary N) is 2. The van der Waals surface area contributed by atoms with Crippen LogP contribution in [0.1, 0.15) is 63.5 Å². The van der Waals surface area contributed by atoms with E-state index in [1.165, 1.54) is 11.1 Å². The van der Waals surface area contributed by atoms with Crippen molar-refractivity contribution in [2.45, 2.75) is 52.4 Å². The molecule has 1 atom stereocenters. The van der Waals surface area contributed by atoms with Crippen LogP contribution in [0.25, 0.3) is 0 Å². The summed E-state index contributed by atoms with van der Waals surface area (Å²) in [6.45, 7) is 10.6. The molecule has 1 saturated heterocycles. The third-order valence-corrected chi connectivity index (χ3v) is 4.29. The largest absolute Gasteiger partial charge is 0.326 e. The molecule has 0 radical (unpaired) electrons. The monoisotopic (exact) mass is 324 g/mol. The zero-order valence-electron chi connectivity index (χ0n) is 14.1. The zero-order valence-corrected chi connectivity index (χ0v) is 14.9. The van der Waals surface area contributed by atoms with Crippen molar-refractivity contribution in [3.8, 4) is 0 Å². The molecule has 0 aromatic heterocycles. The number of hydrogen-bond donors (Lipinski definition) is 2. The minimum absolute atomic E-state index is 0. The summed E-state index contributed by atoms with van der Waals surface area (Å²) in [7, 11) is 0. The molecular formula is C18H29ClN2O. The Bertz CT molecular complexity index is 494. The molecule has 3 nitrogen and oxygen atoms in total. The van der Waals surface area contributed by atoms with E-state index in [0.717, 1.165) is 31.6 Å². The minimum atomic E-state index is 0. The van der Waals surface area contributed by atoms with Gasteiger partial charge in [-0.05, 0) is 48.4 Å². The predicted octanol–water partition coefficient (Wildman–Crippen LogP) is 4.29. The van der Waals surface area contributed by atoms with Crippen molar-refractivity contribution < 1.29 is 4.79 Å². The van der Waals surface area contributed by atoms with Gasteiger partial charge < -0.3 is 10.6 Å². The lowest BCUT2D eigenvalue weighted by Crippen LogP contribution is -2.37. The van der Waals surface area contributed by atoms with Crippen LogP contribution in [0.15, 0.2) is 18.2 Å². The van der Waals surface area contributed by atoms with Gasteiger partial charge in [0.1, 0.15) is 0 Å². The predicted molar refractivity (Wildman–Crippen MR) is 96.1 cm³/mol. The standard InChI is InChI=1S/C18H28N2O.ClH/c1-12(2)14-7-8-17(16(10-14)13(3)4)20-18(21)15-6-5-9-19-11-15;/h7-8,10,12-13,15,19H,5-6,9,11H2,1-4H3,(H,20,21);1H/t15-;/m1./s1. The molecule has 1 aromatic carbocycles. The van der Waals surface area contributed by atoms with E-state index in [1.54, 1.807) is 0 Å². The maximum Gasteiger partial charge on any atom is 0.228 e. The van der Waals surface area contributed by atoms with E-state index in [0.29, 0.717) is 11.8 Å². The van der Waals surface area contributed by atoms with Crippen LogP contribution in [0, 0.1) is 5.92 Å². The molecule has 124 valence electrons. The highest BCUT2D eigenvalue weighted by atomic mass is 35.5. The first-order valence-corrected chi connectivity index (χ1v) is 8.14. The van der Waals surface area contributed by atoms with Gasteiger partial charge in [0.25, 0.3) is 0 Å². The molecule has 22 heavy (non-hydrogen) atoms. The van der Waals surface area contributed by atoms with Gasteiger partial charge >= 0.3 is 0 Å². The van der Waals surface area contributed by atoms with Crippen LogP contribution in [0.3, 0.4) is 0 Å². The summed E-state index contributed by atoms with van der Waals surface area (Å²) < 4.78 is 0. The Morgan fingerprint density at radius 1 is 1.23 bits per heavy atom. The van der Waals surface area contributed by atoms with Gasteiger partial charge in [-0.1, -0.05) is 39.8 Å². The number of carbonyl (C=O) groups excluding carboxylic acids is 1. The van der Waals surface area contributed by atoms with Crippen LogP contribution in [-0.2, 0) is 4.79 Å². The fourth-order valence-electron chi connectivity index (χ4n) is 2.84. The highest BCUT2D eigenvalue weighted by molar-refractivity contribution is 5.93. The average molecular weight is 325 g/mol. The second kappa shape index (κ2) is 8.54. The summed E-state index contributed by atoms with van der Waals surface area (Å²) in [6.07, 6.45) is 2.07. The summed E-state index contributed by atoms with van der Waals surface area (Å²) in [5.74, 6) is 1.17. The Labute approximate surface area is 140 Å². The first-order chi connectivity index (χ1) is 9.99. The number of carbonyl (C=O) groups is 1. The van der Waals surface area contributed by atoms with E-state index in [9.17, 15) is 4.79 Å². The third-order valence-electron chi connectivity index (χ3n) is 4.29. The van der Waals surface area contributed by atoms with Crippen LogP contribution in [0.2, 0.25) is 0 Å². The van der Waals surface area contributed by atoms with Crippen LogP contribution in [-0.4, -0.2) is 19.0 Å². The Balaban J connectivity index is 0.00000242. The van der Waals surface area contributed by atoms with Crippen molar-refractivity contribution in [1.82, 2.24) is 5.32 Å². The molecule has 2 rings (SSSR count). The number of benzene rings is 1. The van der Waals surface area contributed by atoms with Crippen LogP contribution < -0.4 is 10.6 Å². The maximum absolute atomic E-state index is 12.4. The van der Waals surface area contributed by atoms with Crippen LogP contribution >= 0.6 is 12.4 Å². The van der Waals surface area contributed by atoms with E-state index < -0.39 is 0 Å². The third kappa shape index (κ3) is 4.72. The van der Waals surface area contributed by atoms with Crippen molar-refractivity contribution in [1.29, 1.82) is 0 Å². The molecule has 2 N–H and O–H groups in total. The summed E-state index contributed by atoms with van der Waals surface area (Å²) in [5.41, 5.74) is 3.54. The van der Waals surface area contributed by atoms with E-state index >= 15 is 0 Å². The maximum atomic E-state index is 12.4. The van der Waals surface area contributed by atoms with Crippen molar-refractivity contribution in [3.63, 3.8) is 0 Å². The van der Waals surface area contributed by atoms with Gasteiger partial charge in [-0.2, -0.15) is 0 Å². The van der Waals surface area contributed by atoms with Crippen LogP contribution in [0.5, 0.6) is 0 Å². The summed E-state index contributed by atoms with van der Waals surface area (Å²) in [6, 6.07) is 6.44. The lowest BCUT2D eigenvalue weighted by Gasteiger charge is -2.23. The highest BCUT2D eigenvalue weighted by Crippen LogP contribution is 2.29. The molecule has 0 aliphatic carbocycles. The van der Waals surface area contributed by atoms with Gasteiger partial charge in [0.15, 0.2) is 0 Å². The van der Waals surface area contributed by atoms with Crippen molar-refractivity contribution in [3.05, 3.63) is 29.3 Å². The van der Waals surface area contributed by atoms with Gasteiger partial charge in [-0.15, -0.1) is 12.4 Å². The fraction of sp³-hybridized carbons (Fsp3) is 0.611. The van der Waals surface area contributed by atoms with Gasteiger partial charge in [-0.25, -0.2) is 0 Å². The Kier molecular flexibility index (Phi) is 7.37. The average Bonchev–Trinajstić information content (AvgIpc) is 2.48. The first-order valence-electron chi connectivity index (χ1n) is 8.14. The molecule has 1 heterocycles. The highest BCUT2D eigenvalue weighted by Gasteiger charge is 2.22. The minimum Gasteiger partial charge on any atom is -0.326 e. The smallest absolute Gasteiger partial charge is 0.228 e. The lowest BCUT2D eigenvalue weighted by molar-refractivity contribution is -0.120. The Hall–Kier alpha value is -1.06. The van der Waals surface area contributed by atoms with Crippen LogP contribution in [0.4, 0.5) is 5.69 Å². The lowest BCUT2D eigenvalue weighted by atomic mass is 9.93. The SMILES string of the molecule is CC(C)c1ccc(NC(=O)[C@@H]2CCCNC2)c(C(C)C)c1.Cl. The van der Waals surface area contributed by atoms with E-state index in [-0.39, 0.29) is 24.2 Å². The molecule has 1 fully saturated rings. The topological polar surface area (TPSA) is 41.1 Å². The molecule has 0 unspecified atom stereocenters. The second-order valence-electron chi connectivity index (χ2n) is 6.69. The molecule has 1 aromatic rings. The molecule has 0 bridgehead atoms. The summed E-state index contributed by atoms with van der Waals surface area (Å²) in [5, 5.41) is 6.45. The van der Waals surface area contributed by atoms with Gasteiger partial charge in [0.05, 0.1) is 5.92 Å². The number of amides is 1. The quantitative estimate of drug-likeness (QED) is 0.867. The molecule has 4 heteroatoms. The van der Waals surface area contributed by atoms with Gasteiger partial charge in [-0.3, -0.25) is 4.79 Å². The number of anilines is 1. The summed E-state index contributed by atoms with van der Waals surface area (Å²) >= 11 is 0. The van der Waals surface area contributed by atoms with Crippen molar-refractivity contribution in [2.24, 2.45) is 5.92 Å². The molecule has 1 aliphatic heterocycles. The van der Waals surface area contributed by atoms with E-state index in [2.05, 4.69) is 56.5 Å². The Morgan fingerprint density at radius 2 is 1.95 bits per heavy atom. The Morgan fingerprint density at radius 3 is 2.50 bits per heavy atom. The number of hydrogen-bond acceptors (Lipinski definition) is 2. The summed E-state index contributed by atoms with van der Waals surface area (Å²) in [4.78, 5) is 12.4. The zero-order chi connectivity index (χ0) is 15.4. The van der Waals surface area contributed by atoms with Crippen molar-refractivity contribution >= 4 is 24.0 Å². The number of halogens is 1. The van der Waals surface area contributed by atoms with Gasteiger partial charge in [0, 0.05) is 12.2 Å². The molecule has 0 spiro atoms. The van der Waals surface area contributed by atoms with Crippen molar-refractivity contribution in [2.75, 3.05) is 18.4 Å². The molecule has 1 amide bonds. The first kappa shape index (κ1) is 19.0. The molecular weight excluding hydrogens is 296 g/mol. The second-order valence-corrected chi connectivity index (χ2v) is 6.69. The fourth-order valence-corrected chi connectivity index (χ4v) is 2.84. The molecule has 0 saturated carbocycles. The van der Waals surface area contributed by atoms with E-state index in [1.807, 2.05) is 0 Å². The molecule has 1 aliphatic rings. The normalized spacial score (nSPS) is 18.2.